The fraction of sp³-hybridized carbons (Fsp3) is 0. The molecule has 3 nitrogen and oxygen atoms in total. The van der Waals surface area contributed by atoms with Crippen molar-refractivity contribution in [2.45, 2.75) is 0 Å². The maximum Gasteiger partial charge on any atom is 0.426 e. The smallest absolute Gasteiger partial charge is 0.139 e. The van der Waals surface area contributed by atoms with E-state index in [1.54, 1.807) is 0 Å². The Bertz CT molecular complexity index is 130. The van der Waals surface area contributed by atoms with Gasteiger partial charge in [0, 0.05) is 0 Å². The van der Waals surface area contributed by atoms with E-state index < -0.39 is 5.92 Å². The number of nitrogens with zero attached hydrogens (tertiary/aromatic N) is 3. The monoisotopic (exact) mass is 90.0 g/mol. The highest BCUT2D eigenvalue weighted by atomic mass is 14.3. The first kappa shape index (κ1) is 5.34. The van der Waals surface area contributed by atoms with Crippen LogP contribution in [-0.2, 0) is 0 Å². The molecular formula is C4N3+. The Morgan fingerprint density at radius 1 is 0.857 bits per heavy atom. The molecule has 0 N–H and O–H groups in total. The molecule has 0 atom stereocenters. The lowest BCUT2D eigenvalue weighted by molar-refractivity contribution is 1.37. The van der Waals surface area contributed by atoms with Crippen molar-refractivity contribution in [2.75, 3.05) is 0 Å². The van der Waals surface area contributed by atoms with Gasteiger partial charge in [-0.3, -0.25) is 0 Å². The zero-order chi connectivity index (χ0) is 5.70. The summed E-state index contributed by atoms with van der Waals surface area (Å²) in [7, 11) is 0. The summed E-state index contributed by atoms with van der Waals surface area (Å²) in [5, 5.41) is 23.4. The molecule has 0 aromatic rings. The van der Waals surface area contributed by atoms with Gasteiger partial charge in [0.2, 0.25) is 0 Å². The standard InChI is InChI=1S/C4N3/c5-1-4(2-6)3-7/q+1. The van der Waals surface area contributed by atoms with E-state index in [1.807, 2.05) is 0 Å². The Hall–Kier alpha value is -1.66. The molecule has 0 amide bonds. The predicted molar refractivity (Wildman–Crippen MR) is 20.1 cm³/mol. The van der Waals surface area contributed by atoms with E-state index in [9.17, 15) is 0 Å². The summed E-state index contributed by atoms with van der Waals surface area (Å²) in [6, 6.07) is 4.19. The SMILES string of the molecule is N#C[C+](C#N)C#N. The van der Waals surface area contributed by atoms with Crippen LogP contribution in [0.4, 0.5) is 0 Å². The quantitative estimate of drug-likeness (QED) is 0.397. The minimum absolute atomic E-state index is 0.403. The van der Waals surface area contributed by atoms with Gasteiger partial charge in [-0.1, -0.05) is 0 Å². The molecule has 0 aliphatic carbocycles. The zero-order valence-electron chi connectivity index (χ0n) is 3.34. The van der Waals surface area contributed by atoms with Gasteiger partial charge in [-0.05, 0) is 0 Å². The highest BCUT2D eigenvalue weighted by Gasteiger charge is 2.18. The van der Waals surface area contributed by atoms with Crippen LogP contribution in [-0.4, -0.2) is 0 Å². The van der Waals surface area contributed by atoms with Gasteiger partial charge in [0.05, 0.1) is 0 Å². The molecule has 0 unspecified atom stereocenters. The molecule has 30 valence electrons. The van der Waals surface area contributed by atoms with Crippen molar-refractivity contribution in [2.24, 2.45) is 0 Å². The molecule has 0 rings (SSSR count). The average molecular weight is 90.1 g/mol. The van der Waals surface area contributed by atoms with Crippen LogP contribution < -0.4 is 0 Å². The second-order valence-electron chi connectivity index (χ2n) is 0.710. The zero-order valence-corrected chi connectivity index (χ0v) is 3.34. The van der Waals surface area contributed by atoms with Gasteiger partial charge in [0.1, 0.15) is 0 Å². The molecule has 0 aromatic carbocycles. The molecule has 0 saturated heterocycles. The van der Waals surface area contributed by atoms with Crippen LogP contribution in [0.5, 0.6) is 0 Å². The molecule has 7 heavy (non-hydrogen) atoms. The predicted octanol–water partition coefficient (Wildman–Crippen LogP) is 0.132. The van der Waals surface area contributed by atoms with E-state index in [2.05, 4.69) is 0 Å². The van der Waals surface area contributed by atoms with Gasteiger partial charge >= 0.3 is 24.1 Å². The van der Waals surface area contributed by atoms with E-state index in [1.165, 1.54) is 18.2 Å². The first-order chi connectivity index (χ1) is 3.35. The lowest BCUT2D eigenvalue weighted by Crippen LogP contribution is -1.79. The Kier molecular flexibility index (Phi) is 1.96. The Morgan fingerprint density at radius 2 is 1.14 bits per heavy atom. The lowest BCUT2D eigenvalue weighted by atomic mass is 10.2. The molecule has 0 aliphatic rings. The van der Waals surface area contributed by atoms with Crippen LogP contribution in [0.25, 0.3) is 0 Å². The number of nitriles is 3. The number of rotatable bonds is 0. The van der Waals surface area contributed by atoms with Crippen LogP contribution in [0, 0.1) is 39.9 Å². The van der Waals surface area contributed by atoms with Crippen molar-refractivity contribution in [3.05, 3.63) is 5.92 Å². The van der Waals surface area contributed by atoms with Gasteiger partial charge in [-0.15, -0.1) is 15.8 Å². The summed E-state index contributed by atoms with van der Waals surface area (Å²) in [6.45, 7) is 0. The summed E-state index contributed by atoms with van der Waals surface area (Å²) in [6.07, 6.45) is 0. The first-order valence-corrected chi connectivity index (χ1v) is 1.42. The summed E-state index contributed by atoms with van der Waals surface area (Å²) in [5.41, 5.74) is 0. The van der Waals surface area contributed by atoms with Gasteiger partial charge in [0.15, 0.2) is 0 Å². The Balaban J connectivity index is 3.82. The number of hydrogen-bond acceptors (Lipinski definition) is 3. The molecule has 0 fully saturated rings. The van der Waals surface area contributed by atoms with Gasteiger partial charge < -0.3 is 0 Å². The molecule has 0 spiro atoms. The molecule has 0 radical (unpaired) electrons. The van der Waals surface area contributed by atoms with E-state index >= 15 is 0 Å². The molecule has 0 aromatic heterocycles. The van der Waals surface area contributed by atoms with E-state index in [0.29, 0.717) is 0 Å². The topological polar surface area (TPSA) is 71.4 Å². The largest absolute Gasteiger partial charge is 0.426 e. The molecule has 0 bridgehead atoms. The van der Waals surface area contributed by atoms with Crippen LogP contribution in [0.3, 0.4) is 0 Å². The van der Waals surface area contributed by atoms with Crippen LogP contribution in [0.1, 0.15) is 0 Å². The van der Waals surface area contributed by atoms with Crippen LogP contribution in [0.2, 0.25) is 0 Å². The van der Waals surface area contributed by atoms with E-state index in [-0.39, 0.29) is 0 Å². The third kappa shape index (κ3) is 1.26. The molecule has 0 saturated carbocycles. The Morgan fingerprint density at radius 3 is 1.14 bits per heavy atom. The van der Waals surface area contributed by atoms with Crippen molar-refractivity contribution in [3.63, 3.8) is 0 Å². The lowest BCUT2D eigenvalue weighted by Gasteiger charge is -1.49. The fourth-order valence-electron chi connectivity index (χ4n) is 0.0750. The summed E-state index contributed by atoms with van der Waals surface area (Å²) < 4.78 is 0. The first-order valence-electron chi connectivity index (χ1n) is 1.42. The minimum Gasteiger partial charge on any atom is -0.139 e. The van der Waals surface area contributed by atoms with Crippen molar-refractivity contribution >= 4 is 0 Å². The second-order valence-corrected chi connectivity index (χ2v) is 0.710. The third-order valence-corrected chi connectivity index (χ3v) is 0.335. The maximum atomic E-state index is 7.79. The third-order valence-electron chi connectivity index (χ3n) is 0.335. The normalized spacial score (nSPS) is 4.71. The van der Waals surface area contributed by atoms with E-state index in [0.717, 1.165) is 0 Å². The highest BCUT2D eigenvalue weighted by Crippen LogP contribution is 1.87. The summed E-state index contributed by atoms with van der Waals surface area (Å²) in [4.78, 5) is 0. The van der Waals surface area contributed by atoms with Gasteiger partial charge in [-0.2, -0.15) is 0 Å². The summed E-state index contributed by atoms with van der Waals surface area (Å²) >= 11 is 0. The maximum absolute atomic E-state index is 7.79. The second kappa shape index (κ2) is 2.57. The fourth-order valence-corrected chi connectivity index (χ4v) is 0.0750. The van der Waals surface area contributed by atoms with Crippen molar-refractivity contribution in [3.8, 4) is 18.2 Å². The van der Waals surface area contributed by atoms with Crippen LogP contribution in [0.15, 0.2) is 0 Å². The van der Waals surface area contributed by atoms with E-state index in [4.69, 9.17) is 15.8 Å². The highest BCUT2D eigenvalue weighted by molar-refractivity contribution is 5.38. The molecule has 0 aliphatic heterocycles. The molecule has 0 heterocycles. The van der Waals surface area contributed by atoms with Crippen molar-refractivity contribution in [1.29, 1.82) is 15.8 Å². The summed E-state index contributed by atoms with van der Waals surface area (Å²) in [5.74, 6) is -0.403. The van der Waals surface area contributed by atoms with Crippen molar-refractivity contribution in [1.82, 2.24) is 0 Å². The van der Waals surface area contributed by atoms with Crippen molar-refractivity contribution < 1.29 is 0 Å². The minimum atomic E-state index is -0.403. The molecule has 3 heteroatoms. The average Bonchev–Trinajstić information content (AvgIpc) is 1.72. The number of hydrogen-bond donors (Lipinski definition) is 0. The Labute approximate surface area is 41.0 Å². The molecular weight excluding hydrogens is 90.1 g/mol. The van der Waals surface area contributed by atoms with Gasteiger partial charge in [0.25, 0.3) is 0 Å². The van der Waals surface area contributed by atoms with Crippen LogP contribution >= 0.6 is 0 Å². The van der Waals surface area contributed by atoms with Gasteiger partial charge in [-0.25, -0.2) is 0 Å².